The van der Waals surface area contributed by atoms with E-state index in [4.69, 9.17) is 0 Å². The Hall–Kier alpha value is -2.60. The highest BCUT2D eigenvalue weighted by Crippen LogP contribution is 2.30. The number of para-hydroxylation sites is 1. The van der Waals surface area contributed by atoms with Gasteiger partial charge in [-0.1, -0.05) is 42.5 Å². The molecule has 33 heavy (non-hydrogen) atoms. The van der Waals surface area contributed by atoms with Crippen molar-refractivity contribution in [1.82, 2.24) is 9.80 Å². The minimum absolute atomic E-state index is 0. The van der Waals surface area contributed by atoms with Crippen LogP contribution in [0.15, 0.2) is 66.7 Å². The summed E-state index contributed by atoms with van der Waals surface area (Å²) in [6, 6.07) is 21.9. The van der Waals surface area contributed by atoms with Gasteiger partial charge in [0.25, 0.3) is 11.8 Å². The molecule has 2 aliphatic rings. The molecule has 3 aromatic rings. The highest BCUT2D eigenvalue weighted by atomic mass is 35.5. The van der Waals surface area contributed by atoms with E-state index in [2.05, 4.69) is 40.1 Å². The van der Waals surface area contributed by atoms with E-state index in [1.54, 1.807) is 0 Å². The van der Waals surface area contributed by atoms with Gasteiger partial charge in [0.2, 0.25) is 0 Å². The van der Waals surface area contributed by atoms with E-state index >= 15 is 0 Å². The highest BCUT2D eigenvalue weighted by molar-refractivity contribution is 6.25. The number of anilines is 1. The van der Waals surface area contributed by atoms with Crippen molar-refractivity contribution < 1.29 is 9.59 Å². The monoisotopic (exact) mass is 485 g/mol. The molecule has 0 atom stereocenters. The van der Waals surface area contributed by atoms with Gasteiger partial charge in [-0.2, -0.15) is 0 Å². The molecular weight excluding hydrogens is 457 g/mol. The largest absolute Gasteiger partial charge is 0.369 e. The maximum atomic E-state index is 13.0. The number of hydrogen-bond acceptors (Lipinski definition) is 4. The van der Waals surface area contributed by atoms with Crippen molar-refractivity contribution >= 4 is 53.1 Å². The Morgan fingerprint density at radius 2 is 1.21 bits per heavy atom. The number of nitrogens with zero attached hydrogens (tertiary/aromatic N) is 3. The maximum Gasteiger partial charge on any atom is 0.261 e. The summed E-state index contributed by atoms with van der Waals surface area (Å²) in [6.07, 6.45) is 1.81. The van der Waals surface area contributed by atoms with Crippen LogP contribution in [0, 0.1) is 0 Å². The van der Waals surface area contributed by atoms with Crippen LogP contribution in [0.3, 0.4) is 0 Å². The molecule has 0 N–H and O–H groups in total. The van der Waals surface area contributed by atoms with Crippen LogP contribution in [0.4, 0.5) is 5.69 Å². The van der Waals surface area contributed by atoms with Gasteiger partial charge < -0.3 is 4.90 Å². The SMILES string of the molecule is Cl.Cl.O=C1c2cccc3cccc(c23)C(=O)N1CCCCN1CCN(c2ccccc2)CC1. The van der Waals surface area contributed by atoms with Crippen molar-refractivity contribution in [2.24, 2.45) is 0 Å². The number of piperazine rings is 1. The molecule has 0 unspecified atom stereocenters. The lowest BCUT2D eigenvalue weighted by Gasteiger charge is -2.36. The molecule has 0 saturated carbocycles. The molecule has 0 spiro atoms. The van der Waals surface area contributed by atoms with Gasteiger partial charge in [-0.3, -0.25) is 19.4 Å². The molecule has 0 aromatic heterocycles. The smallest absolute Gasteiger partial charge is 0.261 e. The standard InChI is InChI=1S/C26H27N3O2.2ClH/c30-25-22-12-6-8-20-9-7-13-23(24(20)22)26(31)29(25)15-5-4-14-27-16-18-28(19-17-27)21-10-2-1-3-11-21;;/h1-3,6-13H,4-5,14-19H2;2*1H. The van der Waals surface area contributed by atoms with Crippen LogP contribution < -0.4 is 4.90 Å². The zero-order chi connectivity index (χ0) is 21.2. The molecule has 0 aliphatic carbocycles. The van der Waals surface area contributed by atoms with E-state index in [0.29, 0.717) is 17.7 Å². The number of halogens is 2. The molecule has 2 amide bonds. The van der Waals surface area contributed by atoms with E-state index < -0.39 is 0 Å². The van der Waals surface area contributed by atoms with Gasteiger partial charge in [0.15, 0.2) is 0 Å². The fourth-order valence-corrected chi connectivity index (χ4v) is 4.76. The van der Waals surface area contributed by atoms with Crippen LogP contribution in [0.2, 0.25) is 0 Å². The number of carbonyl (C=O) groups is 2. The topological polar surface area (TPSA) is 43.9 Å². The third kappa shape index (κ3) is 5.01. The average molecular weight is 486 g/mol. The molecule has 5 nitrogen and oxygen atoms in total. The normalized spacial score (nSPS) is 15.9. The zero-order valence-electron chi connectivity index (χ0n) is 18.5. The molecule has 7 heteroatoms. The molecule has 0 radical (unpaired) electrons. The molecule has 3 aromatic carbocycles. The van der Waals surface area contributed by atoms with Crippen molar-refractivity contribution in [3.05, 3.63) is 77.9 Å². The summed E-state index contributed by atoms with van der Waals surface area (Å²) in [5, 5.41) is 1.75. The van der Waals surface area contributed by atoms with Gasteiger partial charge in [0.1, 0.15) is 0 Å². The predicted octanol–water partition coefficient (Wildman–Crippen LogP) is 4.88. The number of carbonyl (C=O) groups excluding carboxylic acids is 2. The van der Waals surface area contributed by atoms with Crippen molar-refractivity contribution in [3.8, 4) is 0 Å². The molecule has 2 heterocycles. The summed E-state index contributed by atoms with van der Waals surface area (Å²) in [6.45, 7) is 5.65. The fraction of sp³-hybridized carbons (Fsp3) is 0.308. The Morgan fingerprint density at radius 3 is 1.82 bits per heavy atom. The van der Waals surface area contributed by atoms with Crippen LogP contribution in [0.1, 0.15) is 33.6 Å². The van der Waals surface area contributed by atoms with Crippen molar-refractivity contribution in [1.29, 1.82) is 0 Å². The lowest BCUT2D eigenvalue weighted by molar-refractivity contribution is 0.0606. The first-order valence-electron chi connectivity index (χ1n) is 11.1. The van der Waals surface area contributed by atoms with E-state index in [1.807, 2.05) is 36.4 Å². The van der Waals surface area contributed by atoms with Crippen LogP contribution in [-0.4, -0.2) is 60.9 Å². The Bertz CT molecular complexity index is 1060. The summed E-state index contributed by atoms with van der Waals surface area (Å²) >= 11 is 0. The molecule has 1 saturated heterocycles. The molecule has 1 fully saturated rings. The fourth-order valence-electron chi connectivity index (χ4n) is 4.76. The molecular formula is C26H29Cl2N3O2. The number of amides is 2. The first-order valence-corrected chi connectivity index (χ1v) is 11.1. The second-order valence-corrected chi connectivity index (χ2v) is 8.34. The Morgan fingerprint density at radius 1 is 0.636 bits per heavy atom. The summed E-state index contributed by atoms with van der Waals surface area (Å²) in [5.41, 5.74) is 2.58. The van der Waals surface area contributed by atoms with Gasteiger partial charge in [0, 0.05) is 54.9 Å². The number of unbranched alkanes of at least 4 members (excludes halogenated alkanes) is 1. The van der Waals surface area contributed by atoms with Crippen LogP contribution in [0.5, 0.6) is 0 Å². The van der Waals surface area contributed by atoms with Crippen molar-refractivity contribution in [2.75, 3.05) is 44.2 Å². The summed E-state index contributed by atoms with van der Waals surface area (Å²) in [4.78, 5) is 32.3. The van der Waals surface area contributed by atoms with Crippen molar-refractivity contribution in [3.63, 3.8) is 0 Å². The van der Waals surface area contributed by atoms with Crippen molar-refractivity contribution in [2.45, 2.75) is 12.8 Å². The lowest BCUT2D eigenvalue weighted by Crippen LogP contribution is -2.46. The van der Waals surface area contributed by atoms with Gasteiger partial charge in [0.05, 0.1) is 0 Å². The highest BCUT2D eigenvalue weighted by Gasteiger charge is 2.32. The van der Waals surface area contributed by atoms with E-state index in [9.17, 15) is 9.59 Å². The lowest BCUT2D eigenvalue weighted by atomic mass is 9.94. The quantitative estimate of drug-likeness (QED) is 0.368. The minimum Gasteiger partial charge on any atom is -0.369 e. The first-order chi connectivity index (χ1) is 15.2. The van der Waals surface area contributed by atoms with E-state index in [0.717, 1.165) is 56.3 Å². The van der Waals surface area contributed by atoms with Crippen LogP contribution in [-0.2, 0) is 0 Å². The molecule has 174 valence electrons. The molecule has 2 aliphatic heterocycles. The van der Waals surface area contributed by atoms with Gasteiger partial charge >= 0.3 is 0 Å². The zero-order valence-corrected chi connectivity index (χ0v) is 20.1. The average Bonchev–Trinajstić information content (AvgIpc) is 2.83. The van der Waals surface area contributed by atoms with Crippen LogP contribution >= 0.6 is 24.8 Å². The first kappa shape index (κ1) is 25.0. The third-order valence-corrected chi connectivity index (χ3v) is 6.46. The summed E-state index contributed by atoms with van der Waals surface area (Å²) in [7, 11) is 0. The van der Waals surface area contributed by atoms with Gasteiger partial charge in [-0.05, 0) is 49.0 Å². The second-order valence-electron chi connectivity index (χ2n) is 8.34. The van der Waals surface area contributed by atoms with Gasteiger partial charge in [-0.25, -0.2) is 0 Å². The van der Waals surface area contributed by atoms with E-state index in [1.165, 1.54) is 10.6 Å². The van der Waals surface area contributed by atoms with Crippen LogP contribution in [0.25, 0.3) is 10.8 Å². The minimum atomic E-state index is -0.161. The Kier molecular flexibility index (Phi) is 8.35. The maximum absolute atomic E-state index is 13.0. The van der Waals surface area contributed by atoms with Gasteiger partial charge in [-0.15, -0.1) is 24.8 Å². The predicted molar refractivity (Wildman–Crippen MR) is 138 cm³/mol. The Labute approximate surface area is 207 Å². The third-order valence-electron chi connectivity index (χ3n) is 6.46. The number of rotatable bonds is 6. The molecule has 0 bridgehead atoms. The summed E-state index contributed by atoms with van der Waals surface area (Å²) < 4.78 is 0. The van der Waals surface area contributed by atoms with E-state index in [-0.39, 0.29) is 36.6 Å². The molecule has 5 rings (SSSR count). The second kappa shape index (κ2) is 11.0. The number of hydrogen-bond donors (Lipinski definition) is 0. The number of imide groups is 1. The Balaban J connectivity index is 0.00000153. The summed E-state index contributed by atoms with van der Waals surface area (Å²) in [5.74, 6) is -0.323. The number of benzene rings is 3.